The van der Waals surface area contributed by atoms with E-state index in [9.17, 15) is 22.0 Å². The van der Waals surface area contributed by atoms with Gasteiger partial charge in [-0.05, 0) is 30.7 Å². The number of hydrogen-bond acceptors (Lipinski definition) is 5. The van der Waals surface area contributed by atoms with Gasteiger partial charge in [0, 0.05) is 12.4 Å². The van der Waals surface area contributed by atoms with Crippen LogP contribution in [0.25, 0.3) is 0 Å². The zero-order valence-corrected chi connectivity index (χ0v) is 12.9. The molecule has 1 aromatic carbocycles. The molecule has 0 amide bonds. The van der Waals surface area contributed by atoms with Crippen molar-refractivity contribution in [2.75, 3.05) is 11.8 Å². The molecule has 0 saturated carbocycles. The molecule has 0 fully saturated rings. The SMILES string of the molecule is COC(=O)c1cnccc1NS(=O)(=O)c1cc(F)c(C)cc1F. The largest absolute Gasteiger partial charge is 0.465 e. The summed E-state index contributed by atoms with van der Waals surface area (Å²) in [6, 6.07) is 2.55. The van der Waals surface area contributed by atoms with Crippen LogP contribution in [0.5, 0.6) is 0 Å². The third-order valence-corrected chi connectivity index (χ3v) is 4.35. The summed E-state index contributed by atoms with van der Waals surface area (Å²) in [6.45, 7) is 1.31. The van der Waals surface area contributed by atoms with Gasteiger partial charge in [0.25, 0.3) is 10.0 Å². The Morgan fingerprint density at radius 3 is 2.61 bits per heavy atom. The molecule has 0 aliphatic rings. The maximum atomic E-state index is 13.9. The summed E-state index contributed by atoms with van der Waals surface area (Å²) in [7, 11) is -3.33. The lowest BCUT2D eigenvalue weighted by Gasteiger charge is -2.12. The van der Waals surface area contributed by atoms with Gasteiger partial charge in [-0.25, -0.2) is 22.0 Å². The number of aromatic nitrogens is 1. The van der Waals surface area contributed by atoms with Gasteiger partial charge in [0.1, 0.15) is 22.1 Å². The van der Waals surface area contributed by atoms with Crippen LogP contribution in [0.3, 0.4) is 0 Å². The fraction of sp³-hybridized carbons (Fsp3) is 0.143. The van der Waals surface area contributed by atoms with Gasteiger partial charge >= 0.3 is 5.97 Å². The van der Waals surface area contributed by atoms with Gasteiger partial charge in [0.15, 0.2) is 0 Å². The van der Waals surface area contributed by atoms with E-state index in [0.717, 1.165) is 19.4 Å². The lowest BCUT2D eigenvalue weighted by atomic mass is 10.2. The first-order valence-electron chi connectivity index (χ1n) is 6.27. The molecule has 0 bridgehead atoms. The van der Waals surface area contributed by atoms with Gasteiger partial charge in [-0.3, -0.25) is 9.71 Å². The summed E-state index contributed by atoms with van der Waals surface area (Å²) in [5.74, 6) is -2.80. The number of carbonyl (C=O) groups excluding carboxylic acids is 1. The number of hydrogen-bond donors (Lipinski definition) is 1. The Balaban J connectivity index is 2.48. The fourth-order valence-corrected chi connectivity index (χ4v) is 2.94. The zero-order chi connectivity index (χ0) is 17.2. The molecule has 9 heteroatoms. The van der Waals surface area contributed by atoms with E-state index in [0.29, 0.717) is 6.07 Å². The first-order chi connectivity index (χ1) is 10.8. The summed E-state index contributed by atoms with van der Waals surface area (Å²) in [6.07, 6.45) is 2.33. The fourth-order valence-electron chi connectivity index (χ4n) is 1.79. The molecule has 6 nitrogen and oxygen atoms in total. The number of anilines is 1. The Morgan fingerprint density at radius 1 is 1.26 bits per heavy atom. The highest BCUT2D eigenvalue weighted by Crippen LogP contribution is 2.23. The number of halogens is 2. The van der Waals surface area contributed by atoms with Crippen molar-refractivity contribution >= 4 is 21.7 Å². The number of carbonyl (C=O) groups is 1. The first kappa shape index (κ1) is 16.8. The maximum absolute atomic E-state index is 13.9. The smallest absolute Gasteiger partial charge is 0.341 e. The third kappa shape index (κ3) is 3.45. The predicted octanol–water partition coefficient (Wildman–Crippen LogP) is 2.26. The number of nitrogens with one attached hydrogen (secondary N) is 1. The second kappa shape index (κ2) is 6.29. The van der Waals surface area contributed by atoms with Crippen molar-refractivity contribution in [2.24, 2.45) is 0 Å². The minimum atomic E-state index is -4.45. The van der Waals surface area contributed by atoms with Crippen LogP contribution in [0.2, 0.25) is 0 Å². The Morgan fingerprint density at radius 2 is 1.96 bits per heavy atom. The van der Waals surface area contributed by atoms with Crippen molar-refractivity contribution in [2.45, 2.75) is 11.8 Å². The summed E-state index contributed by atoms with van der Waals surface area (Å²) in [5.41, 5.74) is -0.348. The second-order valence-electron chi connectivity index (χ2n) is 4.55. The Kier molecular flexibility index (Phi) is 4.60. The summed E-state index contributed by atoms with van der Waals surface area (Å²) in [5, 5.41) is 0. The van der Waals surface area contributed by atoms with Crippen molar-refractivity contribution in [3.8, 4) is 0 Å². The van der Waals surface area contributed by atoms with Crippen LogP contribution in [-0.2, 0) is 14.8 Å². The molecule has 1 heterocycles. The number of sulfonamides is 1. The molecule has 2 rings (SSSR count). The molecule has 0 spiro atoms. The van der Waals surface area contributed by atoms with E-state index in [1.807, 2.05) is 4.72 Å². The van der Waals surface area contributed by atoms with Crippen LogP contribution in [0, 0.1) is 18.6 Å². The molecule has 2 aromatic rings. The quantitative estimate of drug-likeness (QED) is 0.862. The van der Waals surface area contributed by atoms with Crippen molar-refractivity contribution in [1.82, 2.24) is 4.98 Å². The average molecular weight is 342 g/mol. The molecule has 0 aliphatic carbocycles. The van der Waals surface area contributed by atoms with E-state index in [1.54, 1.807) is 0 Å². The normalized spacial score (nSPS) is 11.1. The standard InChI is InChI=1S/C14H12F2N2O4S/c1-8-5-11(16)13(6-10(8)15)23(20,21)18-12-3-4-17-7-9(12)14(19)22-2/h3-7H,1-2H3,(H,17,18). The van der Waals surface area contributed by atoms with Crippen molar-refractivity contribution in [1.29, 1.82) is 0 Å². The van der Waals surface area contributed by atoms with Crippen LogP contribution < -0.4 is 4.72 Å². The molecule has 0 radical (unpaired) electrons. The molecule has 0 aliphatic heterocycles. The number of pyridine rings is 1. The van der Waals surface area contributed by atoms with Crippen molar-refractivity contribution in [3.63, 3.8) is 0 Å². The molecule has 1 N–H and O–H groups in total. The van der Waals surface area contributed by atoms with Crippen LogP contribution in [-0.4, -0.2) is 26.5 Å². The number of methoxy groups -OCH3 is 1. The van der Waals surface area contributed by atoms with Gasteiger partial charge in [-0.2, -0.15) is 0 Å². The Labute approximate surface area is 131 Å². The van der Waals surface area contributed by atoms with Gasteiger partial charge in [-0.15, -0.1) is 0 Å². The molecule has 23 heavy (non-hydrogen) atoms. The lowest BCUT2D eigenvalue weighted by Crippen LogP contribution is -2.18. The van der Waals surface area contributed by atoms with E-state index in [2.05, 4.69) is 9.72 Å². The molecule has 0 atom stereocenters. The van der Waals surface area contributed by atoms with E-state index >= 15 is 0 Å². The van der Waals surface area contributed by atoms with E-state index in [1.165, 1.54) is 19.2 Å². The predicted molar refractivity (Wildman–Crippen MR) is 77.5 cm³/mol. The highest BCUT2D eigenvalue weighted by Gasteiger charge is 2.23. The van der Waals surface area contributed by atoms with Gasteiger partial charge < -0.3 is 4.74 Å². The number of ether oxygens (including phenoxy) is 1. The summed E-state index contributed by atoms with van der Waals surface area (Å²) in [4.78, 5) is 14.4. The van der Waals surface area contributed by atoms with E-state index in [4.69, 9.17) is 0 Å². The minimum absolute atomic E-state index is 0.0272. The summed E-state index contributed by atoms with van der Waals surface area (Å²) < 4.78 is 58.5. The molecular weight excluding hydrogens is 330 g/mol. The Bertz CT molecular complexity index is 869. The van der Waals surface area contributed by atoms with E-state index in [-0.39, 0.29) is 16.8 Å². The Hall–Kier alpha value is -2.55. The monoisotopic (exact) mass is 342 g/mol. The molecule has 122 valence electrons. The topological polar surface area (TPSA) is 85.4 Å². The van der Waals surface area contributed by atoms with E-state index < -0.39 is 32.5 Å². The lowest BCUT2D eigenvalue weighted by molar-refractivity contribution is 0.0601. The average Bonchev–Trinajstić information content (AvgIpc) is 2.50. The molecular formula is C14H12F2N2O4S. The highest BCUT2D eigenvalue weighted by atomic mass is 32.2. The minimum Gasteiger partial charge on any atom is -0.465 e. The van der Waals surface area contributed by atoms with Crippen LogP contribution >= 0.6 is 0 Å². The van der Waals surface area contributed by atoms with Gasteiger partial charge in [-0.1, -0.05) is 0 Å². The number of esters is 1. The van der Waals surface area contributed by atoms with Crippen molar-refractivity contribution < 1.29 is 26.7 Å². The zero-order valence-electron chi connectivity index (χ0n) is 12.1. The van der Waals surface area contributed by atoms with Crippen LogP contribution in [0.15, 0.2) is 35.5 Å². The summed E-state index contributed by atoms with van der Waals surface area (Å²) >= 11 is 0. The number of aryl methyl sites for hydroxylation is 1. The second-order valence-corrected chi connectivity index (χ2v) is 6.20. The molecule has 0 unspecified atom stereocenters. The van der Waals surface area contributed by atoms with Crippen LogP contribution in [0.1, 0.15) is 15.9 Å². The van der Waals surface area contributed by atoms with Gasteiger partial charge in [0.2, 0.25) is 0 Å². The van der Waals surface area contributed by atoms with Gasteiger partial charge in [0.05, 0.1) is 12.8 Å². The molecule has 1 aromatic heterocycles. The highest BCUT2D eigenvalue weighted by molar-refractivity contribution is 7.92. The molecule has 0 saturated heterocycles. The number of rotatable bonds is 4. The number of benzene rings is 1. The first-order valence-corrected chi connectivity index (χ1v) is 7.75. The van der Waals surface area contributed by atoms with Crippen molar-refractivity contribution in [3.05, 3.63) is 53.4 Å². The number of nitrogens with zero attached hydrogens (tertiary/aromatic N) is 1. The van der Waals surface area contributed by atoms with Crippen LogP contribution in [0.4, 0.5) is 14.5 Å². The third-order valence-electron chi connectivity index (χ3n) is 2.97. The maximum Gasteiger partial charge on any atom is 0.341 e.